The number of hydrogen-bond acceptors (Lipinski definition) is 4. The predicted octanol–water partition coefficient (Wildman–Crippen LogP) is 4.51. The van der Waals surface area contributed by atoms with E-state index in [0.29, 0.717) is 24.2 Å². The standard InChI is InChI=1S/C27H44O4/c1-15(2)25(31)24(30)12-16(3)19-6-7-20-18-14-23(29)22-13-17(28)8-10-27(22,5)21(18)9-11-26(19,20)4/h9,15-20,22-23,25,28-29,31H,6-8,10-14H2,1-5H3. The normalized spacial score (nSPS) is 46.5. The third kappa shape index (κ3) is 3.75. The molecule has 0 saturated heterocycles. The summed E-state index contributed by atoms with van der Waals surface area (Å²) in [5, 5.41) is 31.6. The molecular weight excluding hydrogens is 388 g/mol. The molecule has 4 rings (SSSR count). The first-order valence-corrected chi connectivity index (χ1v) is 12.8. The number of Topliss-reactive ketones (excluding diaryl/α,β-unsaturated/α-hetero) is 1. The maximum atomic E-state index is 12.6. The zero-order chi connectivity index (χ0) is 22.7. The molecule has 0 radical (unpaired) electrons. The van der Waals surface area contributed by atoms with Gasteiger partial charge in [0.25, 0.3) is 0 Å². The van der Waals surface area contributed by atoms with Crippen molar-refractivity contribution >= 4 is 5.78 Å². The van der Waals surface area contributed by atoms with Crippen molar-refractivity contribution in [2.45, 2.75) is 104 Å². The summed E-state index contributed by atoms with van der Waals surface area (Å²) in [6.45, 7) is 10.8. The monoisotopic (exact) mass is 432 g/mol. The Kier molecular flexibility index (Phi) is 6.24. The number of hydrogen-bond donors (Lipinski definition) is 3. The first kappa shape index (κ1) is 23.4. The maximum absolute atomic E-state index is 12.6. The fourth-order valence-electron chi connectivity index (χ4n) is 8.48. The lowest BCUT2D eigenvalue weighted by Crippen LogP contribution is -2.53. The van der Waals surface area contributed by atoms with E-state index < -0.39 is 6.10 Å². The van der Waals surface area contributed by atoms with Crippen molar-refractivity contribution in [1.29, 1.82) is 0 Å². The third-order valence-electron chi connectivity index (χ3n) is 10.3. The van der Waals surface area contributed by atoms with Gasteiger partial charge in [-0.1, -0.05) is 46.3 Å². The van der Waals surface area contributed by atoms with Crippen molar-refractivity contribution in [2.24, 2.45) is 46.3 Å². The number of aliphatic hydroxyl groups is 3. The number of allylic oxidation sites excluding steroid dienone is 2. The SMILES string of the molecule is CC(C)C(O)C(=O)CC(C)C1CCC2C3CC(O)C4CC(O)CCC4(C)C3=CCC12C. The minimum absolute atomic E-state index is 0.00852. The quantitative estimate of drug-likeness (QED) is 0.559. The summed E-state index contributed by atoms with van der Waals surface area (Å²) < 4.78 is 0. The van der Waals surface area contributed by atoms with Crippen LogP contribution in [0, 0.1) is 46.3 Å². The Morgan fingerprint density at radius 2 is 1.81 bits per heavy atom. The van der Waals surface area contributed by atoms with E-state index >= 15 is 0 Å². The van der Waals surface area contributed by atoms with Gasteiger partial charge in [0.2, 0.25) is 0 Å². The number of rotatable bonds is 5. The van der Waals surface area contributed by atoms with Crippen molar-refractivity contribution in [1.82, 2.24) is 0 Å². The fraction of sp³-hybridized carbons (Fsp3) is 0.889. The van der Waals surface area contributed by atoms with Gasteiger partial charge >= 0.3 is 0 Å². The Balaban J connectivity index is 1.56. The molecule has 0 aliphatic heterocycles. The van der Waals surface area contributed by atoms with Gasteiger partial charge in [0, 0.05) is 6.42 Å². The highest BCUT2D eigenvalue weighted by molar-refractivity contribution is 5.83. The van der Waals surface area contributed by atoms with Gasteiger partial charge in [0.1, 0.15) is 6.10 Å². The number of ketones is 1. The lowest BCUT2D eigenvalue weighted by molar-refractivity contribution is -0.130. The van der Waals surface area contributed by atoms with Crippen LogP contribution < -0.4 is 0 Å². The number of carbonyl (C=O) groups is 1. The highest BCUT2D eigenvalue weighted by Gasteiger charge is 2.59. The molecule has 0 heterocycles. The van der Waals surface area contributed by atoms with E-state index in [1.807, 2.05) is 13.8 Å². The molecule has 4 aliphatic rings. The fourth-order valence-corrected chi connectivity index (χ4v) is 8.48. The zero-order valence-electron chi connectivity index (χ0n) is 20.2. The molecule has 4 heteroatoms. The van der Waals surface area contributed by atoms with Crippen LogP contribution >= 0.6 is 0 Å². The summed E-state index contributed by atoms with van der Waals surface area (Å²) in [5.41, 5.74) is 1.74. The molecule has 10 atom stereocenters. The topological polar surface area (TPSA) is 77.8 Å². The Bertz CT molecular complexity index is 729. The number of carbonyl (C=O) groups excluding carboxylic acids is 1. The molecule has 3 saturated carbocycles. The molecule has 4 nitrogen and oxygen atoms in total. The molecule has 3 N–H and O–H groups in total. The molecule has 31 heavy (non-hydrogen) atoms. The van der Waals surface area contributed by atoms with Crippen LogP contribution in [0.5, 0.6) is 0 Å². The van der Waals surface area contributed by atoms with Gasteiger partial charge in [0.15, 0.2) is 5.78 Å². The largest absolute Gasteiger partial charge is 0.393 e. The average Bonchev–Trinajstić information content (AvgIpc) is 3.06. The molecular formula is C27H44O4. The second-order valence-electron chi connectivity index (χ2n) is 12.4. The van der Waals surface area contributed by atoms with Gasteiger partial charge < -0.3 is 15.3 Å². The van der Waals surface area contributed by atoms with Crippen molar-refractivity contribution in [2.75, 3.05) is 0 Å². The van der Waals surface area contributed by atoms with Crippen molar-refractivity contribution < 1.29 is 20.1 Å². The summed E-state index contributed by atoms with van der Waals surface area (Å²) in [7, 11) is 0. The highest BCUT2D eigenvalue weighted by Crippen LogP contribution is 2.66. The molecule has 0 spiro atoms. The molecule has 0 aromatic carbocycles. The second-order valence-corrected chi connectivity index (χ2v) is 12.4. The first-order valence-electron chi connectivity index (χ1n) is 12.8. The molecule has 4 aliphatic carbocycles. The molecule has 10 unspecified atom stereocenters. The van der Waals surface area contributed by atoms with Gasteiger partial charge in [-0.05, 0) is 91.3 Å². The van der Waals surface area contributed by atoms with Gasteiger partial charge in [-0.2, -0.15) is 0 Å². The van der Waals surface area contributed by atoms with Crippen LogP contribution in [0.15, 0.2) is 11.6 Å². The minimum atomic E-state index is -0.850. The van der Waals surface area contributed by atoms with Crippen LogP contribution in [0.3, 0.4) is 0 Å². The molecule has 0 aromatic heterocycles. The minimum Gasteiger partial charge on any atom is -0.393 e. The summed E-state index contributed by atoms with van der Waals surface area (Å²) in [6.07, 6.45) is 8.26. The first-order chi connectivity index (χ1) is 14.5. The van der Waals surface area contributed by atoms with Gasteiger partial charge in [-0.25, -0.2) is 0 Å². The van der Waals surface area contributed by atoms with Crippen molar-refractivity contribution in [3.63, 3.8) is 0 Å². The lowest BCUT2D eigenvalue weighted by atomic mass is 9.47. The Hall–Kier alpha value is -0.710. The summed E-state index contributed by atoms with van der Waals surface area (Å²) in [4.78, 5) is 12.6. The van der Waals surface area contributed by atoms with Crippen LogP contribution in [0.4, 0.5) is 0 Å². The van der Waals surface area contributed by atoms with Crippen LogP contribution in [-0.4, -0.2) is 39.4 Å². The molecule has 0 amide bonds. The molecule has 0 aromatic rings. The van der Waals surface area contributed by atoms with Crippen LogP contribution in [0.2, 0.25) is 0 Å². The smallest absolute Gasteiger partial charge is 0.161 e. The van der Waals surface area contributed by atoms with E-state index in [4.69, 9.17) is 0 Å². The molecule has 0 bridgehead atoms. The number of fused-ring (bicyclic) bond motifs is 5. The van der Waals surface area contributed by atoms with Crippen molar-refractivity contribution in [3.05, 3.63) is 11.6 Å². The van der Waals surface area contributed by atoms with Crippen LogP contribution in [-0.2, 0) is 4.79 Å². The van der Waals surface area contributed by atoms with E-state index in [9.17, 15) is 20.1 Å². The maximum Gasteiger partial charge on any atom is 0.161 e. The molecule has 176 valence electrons. The Morgan fingerprint density at radius 1 is 1.10 bits per heavy atom. The van der Waals surface area contributed by atoms with Gasteiger partial charge in [-0.3, -0.25) is 4.79 Å². The lowest BCUT2D eigenvalue weighted by Gasteiger charge is -2.58. The van der Waals surface area contributed by atoms with E-state index in [1.54, 1.807) is 5.57 Å². The second kappa shape index (κ2) is 8.25. The Morgan fingerprint density at radius 3 is 2.48 bits per heavy atom. The van der Waals surface area contributed by atoms with E-state index in [-0.39, 0.29) is 46.6 Å². The van der Waals surface area contributed by atoms with E-state index in [2.05, 4.69) is 26.8 Å². The Labute approximate surface area is 188 Å². The van der Waals surface area contributed by atoms with Crippen molar-refractivity contribution in [3.8, 4) is 0 Å². The third-order valence-corrected chi connectivity index (χ3v) is 10.3. The van der Waals surface area contributed by atoms with E-state index in [0.717, 1.165) is 38.5 Å². The van der Waals surface area contributed by atoms with Crippen LogP contribution in [0.25, 0.3) is 0 Å². The summed E-state index contributed by atoms with van der Waals surface area (Å²) >= 11 is 0. The number of aliphatic hydroxyl groups excluding tert-OH is 3. The summed E-state index contributed by atoms with van der Waals surface area (Å²) in [5.74, 6) is 1.88. The summed E-state index contributed by atoms with van der Waals surface area (Å²) in [6, 6.07) is 0. The zero-order valence-corrected chi connectivity index (χ0v) is 20.2. The van der Waals surface area contributed by atoms with E-state index in [1.165, 1.54) is 6.42 Å². The average molecular weight is 433 g/mol. The van der Waals surface area contributed by atoms with Gasteiger partial charge in [0.05, 0.1) is 12.2 Å². The molecule has 3 fully saturated rings. The van der Waals surface area contributed by atoms with Crippen LogP contribution in [0.1, 0.15) is 86.0 Å². The van der Waals surface area contributed by atoms with Gasteiger partial charge in [-0.15, -0.1) is 0 Å². The highest BCUT2D eigenvalue weighted by atomic mass is 16.3. The predicted molar refractivity (Wildman–Crippen MR) is 122 cm³/mol.